The standard InChI is InChI=1S/C17H20N2O2S/c1-22-13-11-16(20)18-15-8-5-12-19(15)17(21)10-9-14-6-3-2-4-7-14/h2-4,6-7,9-11,13,15H,5,8,12H2,1H3,(H,18,20)/b10-9+,13-11+/t15-/m1/s1. The lowest BCUT2D eigenvalue weighted by atomic mass is 10.2. The van der Waals surface area contributed by atoms with Gasteiger partial charge in [0.05, 0.1) is 0 Å². The number of carbonyl (C=O) groups is 2. The van der Waals surface area contributed by atoms with Crippen LogP contribution in [0.4, 0.5) is 0 Å². The van der Waals surface area contributed by atoms with Gasteiger partial charge in [0, 0.05) is 18.7 Å². The summed E-state index contributed by atoms with van der Waals surface area (Å²) in [6.45, 7) is 0.676. The van der Waals surface area contributed by atoms with E-state index < -0.39 is 0 Å². The van der Waals surface area contributed by atoms with Gasteiger partial charge in [-0.05, 0) is 36.1 Å². The summed E-state index contributed by atoms with van der Waals surface area (Å²) in [5.74, 6) is -0.230. The second-order valence-electron chi connectivity index (χ2n) is 4.98. The molecule has 116 valence electrons. The van der Waals surface area contributed by atoms with Crippen molar-refractivity contribution in [2.45, 2.75) is 19.0 Å². The fourth-order valence-electron chi connectivity index (χ4n) is 2.35. The number of rotatable bonds is 5. The summed E-state index contributed by atoms with van der Waals surface area (Å²) in [5, 5.41) is 4.60. The molecule has 0 radical (unpaired) electrons. The molecule has 1 atom stereocenters. The summed E-state index contributed by atoms with van der Waals surface area (Å²) in [6.07, 6.45) is 8.23. The molecule has 4 nitrogen and oxygen atoms in total. The van der Waals surface area contributed by atoms with Crippen LogP contribution in [-0.2, 0) is 9.59 Å². The van der Waals surface area contributed by atoms with Crippen molar-refractivity contribution in [3.05, 3.63) is 53.5 Å². The molecule has 1 aliphatic rings. The number of hydrogen-bond acceptors (Lipinski definition) is 3. The Morgan fingerprint density at radius 1 is 1.27 bits per heavy atom. The van der Waals surface area contributed by atoms with E-state index in [2.05, 4.69) is 5.32 Å². The zero-order valence-corrected chi connectivity index (χ0v) is 13.4. The van der Waals surface area contributed by atoms with Crippen LogP contribution in [0.2, 0.25) is 0 Å². The summed E-state index contributed by atoms with van der Waals surface area (Å²) in [4.78, 5) is 25.7. The molecule has 5 heteroatoms. The minimum Gasteiger partial charge on any atom is -0.332 e. The van der Waals surface area contributed by atoms with Crippen LogP contribution in [0.15, 0.2) is 47.9 Å². The van der Waals surface area contributed by atoms with Gasteiger partial charge in [-0.15, -0.1) is 11.8 Å². The van der Waals surface area contributed by atoms with Crippen LogP contribution in [0.5, 0.6) is 0 Å². The van der Waals surface area contributed by atoms with Gasteiger partial charge in [0.15, 0.2) is 0 Å². The van der Waals surface area contributed by atoms with Gasteiger partial charge in [0.2, 0.25) is 11.8 Å². The maximum atomic E-state index is 12.3. The third-order valence-corrected chi connectivity index (χ3v) is 3.83. The van der Waals surface area contributed by atoms with Crippen molar-refractivity contribution in [2.75, 3.05) is 12.8 Å². The van der Waals surface area contributed by atoms with E-state index in [4.69, 9.17) is 0 Å². The maximum Gasteiger partial charge on any atom is 0.248 e. The molecule has 0 aliphatic carbocycles. The lowest BCUT2D eigenvalue weighted by molar-refractivity contribution is -0.128. The Hall–Kier alpha value is -2.01. The molecule has 0 bridgehead atoms. The second-order valence-corrected chi connectivity index (χ2v) is 5.72. The van der Waals surface area contributed by atoms with Gasteiger partial charge in [-0.3, -0.25) is 9.59 Å². The Morgan fingerprint density at radius 2 is 2.05 bits per heavy atom. The van der Waals surface area contributed by atoms with Crippen LogP contribution in [0.1, 0.15) is 18.4 Å². The first-order valence-corrected chi connectivity index (χ1v) is 8.53. The van der Waals surface area contributed by atoms with Gasteiger partial charge in [0.1, 0.15) is 6.17 Å². The molecule has 0 aromatic heterocycles. The van der Waals surface area contributed by atoms with E-state index in [0.717, 1.165) is 18.4 Å². The van der Waals surface area contributed by atoms with Gasteiger partial charge in [-0.1, -0.05) is 30.3 Å². The van der Waals surface area contributed by atoms with Crippen LogP contribution in [0.25, 0.3) is 6.08 Å². The number of amides is 2. The number of benzene rings is 1. The number of thioether (sulfide) groups is 1. The predicted molar refractivity (Wildman–Crippen MR) is 91.0 cm³/mol. The highest BCUT2D eigenvalue weighted by Gasteiger charge is 2.28. The number of hydrogen-bond donors (Lipinski definition) is 1. The molecule has 0 spiro atoms. The van der Waals surface area contributed by atoms with Gasteiger partial charge in [-0.2, -0.15) is 0 Å². The molecule has 1 aromatic carbocycles. The van der Waals surface area contributed by atoms with Crippen LogP contribution >= 0.6 is 11.8 Å². The first-order valence-electron chi connectivity index (χ1n) is 7.24. The predicted octanol–water partition coefficient (Wildman–Crippen LogP) is 2.64. The number of carbonyl (C=O) groups excluding carboxylic acids is 2. The third-order valence-electron chi connectivity index (χ3n) is 3.42. The monoisotopic (exact) mass is 316 g/mol. The Balaban J connectivity index is 1.95. The SMILES string of the molecule is CS/C=C/C(=O)N[C@H]1CCCN1C(=O)/C=C/c1ccccc1. The van der Waals surface area contributed by atoms with Crippen LogP contribution < -0.4 is 5.32 Å². The minimum atomic E-state index is -0.216. The van der Waals surface area contributed by atoms with Gasteiger partial charge >= 0.3 is 0 Å². The van der Waals surface area contributed by atoms with Gasteiger partial charge in [0.25, 0.3) is 0 Å². The fourth-order valence-corrected chi connectivity index (χ4v) is 2.61. The molecule has 0 unspecified atom stereocenters. The second kappa shape index (κ2) is 8.44. The van der Waals surface area contributed by atoms with Gasteiger partial charge < -0.3 is 10.2 Å². The Morgan fingerprint density at radius 3 is 2.77 bits per heavy atom. The van der Waals surface area contributed by atoms with E-state index in [0.29, 0.717) is 6.54 Å². The van der Waals surface area contributed by atoms with Crippen LogP contribution in [-0.4, -0.2) is 35.7 Å². The van der Waals surface area contributed by atoms with Crippen molar-refractivity contribution < 1.29 is 9.59 Å². The van der Waals surface area contributed by atoms with E-state index in [1.54, 1.807) is 22.5 Å². The molecule has 2 rings (SSSR count). The van der Waals surface area contributed by atoms with Crippen molar-refractivity contribution in [3.8, 4) is 0 Å². The number of likely N-dealkylation sites (tertiary alicyclic amines) is 1. The highest BCUT2D eigenvalue weighted by Crippen LogP contribution is 2.16. The van der Waals surface area contributed by atoms with Crippen molar-refractivity contribution >= 4 is 29.7 Å². The Labute approximate surface area is 135 Å². The van der Waals surface area contributed by atoms with Crippen molar-refractivity contribution in [1.82, 2.24) is 10.2 Å². The zero-order chi connectivity index (χ0) is 15.8. The summed E-state index contributed by atoms with van der Waals surface area (Å²) < 4.78 is 0. The van der Waals surface area contributed by atoms with Crippen LogP contribution in [0.3, 0.4) is 0 Å². The largest absolute Gasteiger partial charge is 0.332 e. The summed E-state index contributed by atoms with van der Waals surface area (Å²) in [6, 6.07) is 9.69. The summed E-state index contributed by atoms with van der Waals surface area (Å²) in [5.41, 5.74) is 0.985. The Kier molecular flexibility index (Phi) is 6.27. The zero-order valence-electron chi connectivity index (χ0n) is 12.6. The fraction of sp³-hybridized carbons (Fsp3) is 0.294. The van der Waals surface area contributed by atoms with E-state index >= 15 is 0 Å². The molecular weight excluding hydrogens is 296 g/mol. The van der Waals surface area contributed by atoms with Crippen LogP contribution in [0, 0.1) is 0 Å². The third kappa shape index (κ3) is 4.77. The molecular formula is C17H20N2O2S. The van der Waals surface area contributed by atoms with E-state index in [1.807, 2.05) is 36.6 Å². The lowest BCUT2D eigenvalue weighted by Crippen LogP contribution is -2.46. The molecule has 2 amide bonds. The first kappa shape index (κ1) is 16.4. The molecule has 0 saturated carbocycles. The van der Waals surface area contributed by atoms with E-state index in [-0.39, 0.29) is 18.0 Å². The first-order chi connectivity index (χ1) is 10.7. The molecule has 1 fully saturated rings. The molecule has 1 heterocycles. The molecule has 1 aliphatic heterocycles. The minimum absolute atomic E-state index is 0.0690. The lowest BCUT2D eigenvalue weighted by Gasteiger charge is -2.23. The molecule has 1 saturated heterocycles. The van der Waals surface area contributed by atoms with E-state index in [1.165, 1.54) is 17.8 Å². The van der Waals surface area contributed by atoms with Crippen molar-refractivity contribution in [1.29, 1.82) is 0 Å². The van der Waals surface area contributed by atoms with Crippen molar-refractivity contribution in [2.24, 2.45) is 0 Å². The topological polar surface area (TPSA) is 49.4 Å². The summed E-state index contributed by atoms with van der Waals surface area (Å²) >= 11 is 1.47. The number of nitrogens with one attached hydrogen (secondary N) is 1. The highest BCUT2D eigenvalue weighted by molar-refractivity contribution is 8.01. The normalized spacial score (nSPS) is 18.2. The number of nitrogens with zero attached hydrogens (tertiary/aromatic N) is 1. The summed E-state index contributed by atoms with van der Waals surface area (Å²) in [7, 11) is 0. The molecule has 22 heavy (non-hydrogen) atoms. The smallest absolute Gasteiger partial charge is 0.248 e. The molecule has 1 N–H and O–H groups in total. The average molecular weight is 316 g/mol. The average Bonchev–Trinajstić information content (AvgIpc) is 2.99. The Bertz CT molecular complexity index is 569. The van der Waals surface area contributed by atoms with Crippen molar-refractivity contribution in [3.63, 3.8) is 0 Å². The van der Waals surface area contributed by atoms with Gasteiger partial charge in [-0.25, -0.2) is 0 Å². The molecule has 1 aromatic rings. The quantitative estimate of drug-likeness (QED) is 0.850. The van der Waals surface area contributed by atoms with E-state index in [9.17, 15) is 9.59 Å². The maximum absolute atomic E-state index is 12.3. The highest BCUT2D eigenvalue weighted by atomic mass is 32.2.